The number of ether oxygens (including phenoxy) is 1. The lowest BCUT2D eigenvalue weighted by atomic mass is 9.92. The molecule has 1 aromatic heterocycles. The summed E-state index contributed by atoms with van der Waals surface area (Å²) < 4.78 is 18.5. The molecule has 0 aliphatic carbocycles. The van der Waals surface area contributed by atoms with Gasteiger partial charge >= 0.3 is 5.97 Å². The summed E-state index contributed by atoms with van der Waals surface area (Å²) in [6, 6.07) is 8.11. The van der Waals surface area contributed by atoms with E-state index in [9.17, 15) is 14.0 Å². The predicted octanol–water partition coefficient (Wildman–Crippen LogP) is 3.58. The second-order valence-corrected chi connectivity index (χ2v) is 6.84. The van der Waals surface area contributed by atoms with Gasteiger partial charge in [-0.05, 0) is 31.2 Å². The molecular formula is C19H24FN3O3. The number of amides is 1. The second-order valence-electron chi connectivity index (χ2n) is 6.84. The Balaban J connectivity index is 2.20. The van der Waals surface area contributed by atoms with Crippen LogP contribution in [0.4, 0.5) is 10.1 Å². The summed E-state index contributed by atoms with van der Waals surface area (Å²) in [5.41, 5.74) is 1.80. The zero-order valence-electron chi connectivity index (χ0n) is 15.5. The Morgan fingerprint density at radius 3 is 2.62 bits per heavy atom. The number of esters is 1. The highest BCUT2D eigenvalue weighted by atomic mass is 19.1. The molecule has 0 spiro atoms. The number of benzene rings is 1. The highest BCUT2D eigenvalue weighted by Gasteiger charge is 2.22. The molecule has 1 amide bonds. The van der Waals surface area contributed by atoms with E-state index in [4.69, 9.17) is 4.74 Å². The number of anilines is 1. The van der Waals surface area contributed by atoms with Gasteiger partial charge in [-0.2, -0.15) is 5.10 Å². The first-order chi connectivity index (χ1) is 12.3. The third-order valence-corrected chi connectivity index (χ3v) is 3.75. The van der Waals surface area contributed by atoms with Gasteiger partial charge in [-0.15, -0.1) is 0 Å². The SMILES string of the molecule is CCn1nc(C(C)(C)C)cc1C(=O)Nc1cccc(C(=O)OCCF)c1. The molecular weight excluding hydrogens is 337 g/mol. The highest BCUT2D eigenvalue weighted by molar-refractivity contribution is 6.03. The maximum absolute atomic E-state index is 12.6. The van der Waals surface area contributed by atoms with Gasteiger partial charge in [0.2, 0.25) is 0 Å². The van der Waals surface area contributed by atoms with Crippen LogP contribution in [0.5, 0.6) is 0 Å². The Kier molecular flexibility index (Phi) is 6.13. The van der Waals surface area contributed by atoms with Crippen molar-refractivity contribution in [3.63, 3.8) is 0 Å². The summed E-state index contributed by atoms with van der Waals surface area (Å²) in [5, 5.41) is 7.26. The van der Waals surface area contributed by atoms with Crippen molar-refractivity contribution < 1.29 is 18.7 Å². The second kappa shape index (κ2) is 8.12. The van der Waals surface area contributed by atoms with Crippen LogP contribution in [0.25, 0.3) is 0 Å². The van der Waals surface area contributed by atoms with Crippen molar-refractivity contribution in [3.05, 3.63) is 47.3 Å². The minimum absolute atomic E-state index is 0.171. The molecule has 0 bridgehead atoms. The normalized spacial score (nSPS) is 11.3. The van der Waals surface area contributed by atoms with Crippen LogP contribution < -0.4 is 5.32 Å². The lowest BCUT2D eigenvalue weighted by molar-refractivity contribution is 0.0481. The van der Waals surface area contributed by atoms with Crippen LogP contribution >= 0.6 is 0 Å². The molecule has 0 radical (unpaired) electrons. The molecule has 140 valence electrons. The van der Waals surface area contributed by atoms with Gasteiger partial charge in [-0.25, -0.2) is 9.18 Å². The number of hydrogen-bond donors (Lipinski definition) is 1. The summed E-state index contributed by atoms with van der Waals surface area (Å²) in [7, 11) is 0. The molecule has 1 aromatic carbocycles. The Morgan fingerprint density at radius 1 is 1.27 bits per heavy atom. The lowest BCUT2D eigenvalue weighted by Crippen LogP contribution is -2.17. The minimum atomic E-state index is -0.737. The minimum Gasteiger partial charge on any atom is -0.459 e. The fourth-order valence-electron chi connectivity index (χ4n) is 2.34. The van der Waals surface area contributed by atoms with E-state index >= 15 is 0 Å². The number of rotatable bonds is 6. The van der Waals surface area contributed by atoms with E-state index < -0.39 is 12.6 Å². The monoisotopic (exact) mass is 361 g/mol. The van der Waals surface area contributed by atoms with E-state index in [0.29, 0.717) is 17.9 Å². The van der Waals surface area contributed by atoms with Crippen molar-refractivity contribution >= 4 is 17.6 Å². The number of nitrogens with zero attached hydrogens (tertiary/aromatic N) is 2. The smallest absolute Gasteiger partial charge is 0.338 e. The summed E-state index contributed by atoms with van der Waals surface area (Å²) in [6.07, 6.45) is 0. The van der Waals surface area contributed by atoms with Crippen LogP contribution in [-0.2, 0) is 16.7 Å². The van der Waals surface area contributed by atoms with E-state index in [1.54, 1.807) is 28.9 Å². The molecule has 0 fully saturated rings. The molecule has 2 aromatic rings. The van der Waals surface area contributed by atoms with Crippen molar-refractivity contribution in [1.82, 2.24) is 9.78 Å². The van der Waals surface area contributed by atoms with Gasteiger partial charge in [-0.3, -0.25) is 9.48 Å². The average Bonchev–Trinajstić information content (AvgIpc) is 3.04. The predicted molar refractivity (Wildman–Crippen MR) is 97.3 cm³/mol. The number of carbonyl (C=O) groups excluding carboxylic acids is 2. The van der Waals surface area contributed by atoms with Gasteiger partial charge in [0, 0.05) is 17.6 Å². The van der Waals surface area contributed by atoms with Crippen LogP contribution in [0.1, 0.15) is 54.2 Å². The fraction of sp³-hybridized carbons (Fsp3) is 0.421. The standard InChI is InChI=1S/C19H24FN3O3/c1-5-23-15(12-16(22-23)19(2,3)4)17(24)21-14-8-6-7-13(11-14)18(25)26-10-9-20/h6-8,11-12H,5,9-10H2,1-4H3,(H,21,24). The van der Waals surface area contributed by atoms with E-state index in [0.717, 1.165) is 5.69 Å². The van der Waals surface area contributed by atoms with Crippen LogP contribution in [-0.4, -0.2) is 34.9 Å². The largest absolute Gasteiger partial charge is 0.459 e. The zero-order valence-corrected chi connectivity index (χ0v) is 15.5. The first kappa shape index (κ1) is 19.6. The maximum atomic E-state index is 12.6. The Bertz CT molecular complexity index is 794. The Morgan fingerprint density at radius 2 is 2.00 bits per heavy atom. The van der Waals surface area contributed by atoms with Crippen molar-refractivity contribution in [2.75, 3.05) is 18.6 Å². The molecule has 7 heteroatoms. The number of hydrogen-bond acceptors (Lipinski definition) is 4. The van der Waals surface area contributed by atoms with Crippen molar-refractivity contribution in [2.45, 2.75) is 39.7 Å². The molecule has 1 heterocycles. The number of alkyl halides is 1. The number of carbonyl (C=O) groups is 2. The summed E-state index contributed by atoms with van der Waals surface area (Å²) >= 11 is 0. The number of nitrogens with one attached hydrogen (secondary N) is 1. The van der Waals surface area contributed by atoms with Crippen LogP contribution in [0, 0.1) is 0 Å². The van der Waals surface area contributed by atoms with Crippen LogP contribution in [0.2, 0.25) is 0 Å². The number of aromatic nitrogens is 2. The number of aryl methyl sites for hydroxylation is 1. The molecule has 2 rings (SSSR count). The molecule has 0 aliphatic rings. The van der Waals surface area contributed by atoms with Gasteiger partial charge in [0.1, 0.15) is 19.0 Å². The Hall–Kier alpha value is -2.70. The first-order valence-electron chi connectivity index (χ1n) is 8.49. The van der Waals surface area contributed by atoms with E-state index in [1.165, 1.54) is 6.07 Å². The van der Waals surface area contributed by atoms with E-state index in [-0.39, 0.29) is 23.5 Å². The van der Waals surface area contributed by atoms with Gasteiger partial charge in [0.25, 0.3) is 5.91 Å². The Labute approximate surface area is 152 Å². The summed E-state index contributed by atoms with van der Waals surface area (Å²) in [6.45, 7) is 7.54. The van der Waals surface area contributed by atoms with Crippen LogP contribution in [0.15, 0.2) is 30.3 Å². The third-order valence-electron chi connectivity index (χ3n) is 3.75. The first-order valence-corrected chi connectivity index (χ1v) is 8.49. The van der Waals surface area contributed by atoms with Crippen molar-refractivity contribution in [1.29, 1.82) is 0 Å². The lowest BCUT2D eigenvalue weighted by Gasteiger charge is -2.13. The van der Waals surface area contributed by atoms with Crippen molar-refractivity contribution in [2.24, 2.45) is 0 Å². The quantitative estimate of drug-likeness (QED) is 0.798. The fourth-order valence-corrected chi connectivity index (χ4v) is 2.34. The molecule has 0 unspecified atom stereocenters. The van der Waals surface area contributed by atoms with E-state index in [2.05, 4.69) is 10.4 Å². The molecule has 0 saturated heterocycles. The van der Waals surface area contributed by atoms with Gasteiger partial charge in [0.05, 0.1) is 11.3 Å². The van der Waals surface area contributed by atoms with Gasteiger partial charge in [-0.1, -0.05) is 26.8 Å². The van der Waals surface area contributed by atoms with Crippen LogP contribution in [0.3, 0.4) is 0 Å². The molecule has 0 saturated carbocycles. The molecule has 0 atom stereocenters. The van der Waals surface area contributed by atoms with Crippen molar-refractivity contribution in [3.8, 4) is 0 Å². The maximum Gasteiger partial charge on any atom is 0.338 e. The highest BCUT2D eigenvalue weighted by Crippen LogP contribution is 2.22. The summed E-state index contributed by atoms with van der Waals surface area (Å²) in [4.78, 5) is 24.5. The average molecular weight is 361 g/mol. The molecule has 0 aliphatic heterocycles. The van der Waals surface area contributed by atoms with Gasteiger partial charge in [0.15, 0.2) is 0 Å². The molecule has 6 nitrogen and oxygen atoms in total. The third kappa shape index (κ3) is 4.68. The summed E-state index contributed by atoms with van der Waals surface area (Å²) in [5.74, 6) is -0.948. The molecule has 1 N–H and O–H groups in total. The van der Waals surface area contributed by atoms with Gasteiger partial charge < -0.3 is 10.1 Å². The molecule has 26 heavy (non-hydrogen) atoms. The topological polar surface area (TPSA) is 73.2 Å². The number of halogens is 1. The zero-order chi connectivity index (χ0) is 19.3. The van der Waals surface area contributed by atoms with E-state index in [1.807, 2.05) is 27.7 Å².